The lowest BCUT2D eigenvalue weighted by atomic mass is 10.0. The molecule has 0 aliphatic heterocycles. The number of rotatable bonds is 6. The van der Waals surface area contributed by atoms with Crippen LogP contribution in [0.4, 0.5) is 4.39 Å². The molecule has 6 heteroatoms. The number of aromatic nitrogens is 2. The van der Waals surface area contributed by atoms with Crippen molar-refractivity contribution in [3.05, 3.63) is 47.4 Å². The Hall–Kier alpha value is -2.24. The van der Waals surface area contributed by atoms with Crippen molar-refractivity contribution in [1.29, 1.82) is 0 Å². The van der Waals surface area contributed by atoms with Gasteiger partial charge < -0.3 is 9.42 Å². The minimum absolute atomic E-state index is 0.0268. The molecule has 2 aromatic rings. The van der Waals surface area contributed by atoms with Crippen molar-refractivity contribution in [2.75, 3.05) is 0 Å². The number of carbonyl (C=O) groups is 1. The molecule has 0 saturated carbocycles. The maximum absolute atomic E-state index is 13.4. The predicted octanol–water partition coefficient (Wildman–Crippen LogP) is 4.09. The molecule has 1 aromatic carbocycles. The molecule has 25 heavy (non-hydrogen) atoms. The van der Waals surface area contributed by atoms with Crippen molar-refractivity contribution in [3.8, 4) is 0 Å². The lowest BCUT2D eigenvalue weighted by Gasteiger charge is -2.36. The van der Waals surface area contributed by atoms with E-state index in [1.807, 2.05) is 40.7 Å². The summed E-state index contributed by atoms with van der Waals surface area (Å²) >= 11 is 0. The topological polar surface area (TPSA) is 59.2 Å². The number of aryl methyl sites for hydroxylation is 1. The summed E-state index contributed by atoms with van der Waals surface area (Å²) < 4.78 is 18.6. The molecule has 0 spiro atoms. The zero-order valence-corrected chi connectivity index (χ0v) is 15.5. The molecule has 0 aliphatic carbocycles. The maximum atomic E-state index is 13.4. The predicted molar refractivity (Wildman–Crippen MR) is 93.4 cm³/mol. The summed E-state index contributed by atoms with van der Waals surface area (Å²) in [4.78, 5) is 18.8. The van der Waals surface area contributed by atoms with Crippen molar-refractivity contribution >= 4 is 5.91 Å². The molecular weight excluding hydrogens is 321 g/mol. The molecular formula is C19H26FN3O2. The van der Waals surface area contributed by atoms with Gasteiger partial charge in [-0.1, -0.05) is 31.1 Å². The highest BCUT2D eigenvalue weighted by Gasteiger charge is 2.27. The molecule has 1 amide bonds. The van der Waals surface area contributed by atoms with Crippen LogP contribution in [0.5, 0.6) is 0 Å². The monoisotopic (exact) mass is 347 g/mol. The zero-order chi connectivity index (χ0) is 18.6. The number of amides is 1. The first-order chi connectivity index (χ1) is 11.7. The van der Waals surface area contributed by atoms with Gasteiger partial charge in [-0.3, -0.25) is 4.79 Å². The summed E-state index contributed by atoms with van der Waals surface area (Å²) in [6.45, 7) is 10.2. The minimum atomic E-state index is -0.374. The Kier molecular flexibility index (Phi) is 5.93. The summed E-state index contributed by atoms with van der Waals surface area (Å²) in [5, 5.41) is 3.91. The van der Waals surface area contributed by atoms with Crippen molar-refractivity contribution in [2.45, 2.75) is 65.5 Å². The van der Waals surface area contributed by atoms with E-state index in [1.165, 1.54) is 12.1 Å². The largest absolute Gasteiger partial charge is 0.339 e. The number of carbonyl (C=O) groups excluding carboxylic acids is 1. The molecule has 136 valence electrons. The van der Waals surface area contributed by atoms with Crippen molar-refractivity contribution < 1.29 is 13.7 Å². The van der Waals surface area contributed by atoms with Gasteiger partial charge in [-0.25, -0.2) is 4.39 Å². The Balaban J connectivity index is 2.05. The highest BCUT2D eigenvalue weighted by atomic mass is 19.1. The molecule has 0 radical (unpaired) electrons. The van der Waals surface area contributed by atoms with Crippen LogP contribution in [0.3, 0.4) is 0 Å². The number of benzene rings is 1. The average Bonchev–Trinajstić information content (AvgIpc) is 2.98. The average molecular weight is 347 g/mol. The van der Waals surface area contributed by atoms with Gasteiger partial charge in [0, 0.05) is 30.8 Å². The summed E-state index contributed by atoms with van der Waals surface area (Å²) in [6, 6.07) is 6.33. The third kappa shape index (κ3) is 5.37. The highest BCUT2D eigenvalue weighted by molar-refractivity contribution is 5.77. The summed E-state index contributed by atoms with van der Waals surface area (Å²) in [5.74, 6) is 0.978. The second-order valence-electron chi connectivity index (χ2n) is 7.48. The van der Waals surface area contributed by atoms with E-state index in [-0.39, 0.29) is 29.6 Å². The molecule has 0 N–H and O–H groups in total. The van der Waals surface area contributed by atoms with Gasteiger partial charge in [0.15, 0.2) is 5.82 Å². The van der Waals surface area contributed by atoms with Crippen molar-refractivity contribution in [2.24, 2.45) is 0 Å². The van der Waals surface area contributed by atoms with Crippen molar-refractivity contribution in [1.82, 2.24) is 15.0 Å². The fourth-order valence-corrected chi connectivity index (χ4v) is 2.47. The van der Waals surface area contributed by atoms with E-state index < -0.39 is 0 Å². The van der Waals surface area contributed by atoms with Gasteiger partial charge in [-0.2, -0.15) is 4.98 Å². The van der Waals surface area contributed by atoms with E-state index in [0.29, 0.717) is 24.7 Å². The van der Waals surface area contributed by atoms with Gasteiger partial charge in [0.25, 0.3) is 0 Å². The third-order valence-corrected chi connectivity index (χ3v) is 3.89. The first kappa shape index (κ1) is 19.1. The van der Waals surface area contributed by atoms with Crippen LogP contribution >= 0.6 is 0 Å². The summed E-state index contributed by atoms with van der Waals surface area (Å²) in [5.41, 5.74) is 0.393. The van der Waals surface area contributed by atoms with Crippen LogP contribution < -0.4 is 0 Å². The van der Waals surface area contributed by atoms with E-state index in [0.717, 1.165) is 5.56 Å². The second-order valence-corrected chi connectivity index (χ2v) is 7.48. The quantitative estimate of drug-likeness (QED) is 0.789. The molecule has 1 heterocycles. The standard InChI is InChI=1S/C19H26FN3O2/c1-13(2)18-21-16(25-22-18)9-10-17(24)23(19(3,4)5)12-14-7-6-8-15(20)11-14/h6-8,11,13H,9-10,12H2,1-5H3. The highest BCUT2D eigenvalue weighted by Crippen LogP contribution is 2.20. The molecule has 0 aliphatic rings. The number of nitrogens with zero attached hydrogens (tertiary/aromatic N) is 3. The Morgan fingerprint density at radius 3 is 2.60 bits per heavy atom. The Bertz CT molecular complexity index is 719. The third-order valence-electron chi connectivity index (χ3n) is 3.89. The lowest BCUT2D eigenvalue weighted by Crippen LogP contribution is -2.45. The van der Waals surface area contributed by atoms with Crippen LogP contribution in [0, 0.1) is 5.82 Å². The van der Waals surface area contributed by atoms with Crippen LogP contribution in [0.25, 0.3) is 0 Å². The van der Waals surface area contributed by atoms with Gasteiger partial charge in [0.2, 0.25) is 11.8 Å². The Morgan fingerprint density at radius 2 is 2.04 bits per heavy atom. The maximum Gasteiger partial charge on any atom is 0.227 e. The van der Waals surface area contributed by atoms with Crippen LogP contribution in [-0.2, 0) is 17.8 Å². The molecule has 2 rings (SSSR count). The molecule has 0 unspecified atom stereocenters. The molecule has 0 atom stereocenters. The molecule has 0 bridgehead atoms. The normalized spacial score (nSPS) is 11.8. The first-order valence-corrected chi connectivity index (χ1v) is 8.54. The van der Waals surface area contributed by atoms with Gasteiger partial charge >= 0.3 is 0 Å². The summed E-state index contributed by atoms with van der Waals surface area (Å²) in [7, 11) is 0. The minimum Gasteiger partial charge on any atom is -0.339 e. The zero-order valence-electron chi connectivity index (χ0n) is 15.5. The van der Waals surface area contributed by atoms with Crippen LogP contribution in [0.2, 0.25) is 0 Å². The Labute approximate surface area is 148 Å². The fourth-order valence-electron chi connectivity index (χ4n) is 2.47. The van der Waals surface area contributed by atoms with E-state index in [4.69, 9.17) is 4.52 Å². The number of halogens is 1. The molecule has 0 saturated heterocycles. The SMILES string of the molecule is CC(C)c1noc(CCC(=O)N(Cc2cccc(F)c2)C(C)(C)C)n1. The van der Waals surface area contributed by atoms with E-state index in [2.05, 4.69) is 10.1 Å². The number of hydrogen-bond donors (Lipinski definition) is 0. The van der Waals surface area contributed by atoms with Gasteiger partial charge in [0.1, 0.15) is 5.82 Å². The second kappa shape index (κ2) is 7.76. The van der Waals surface area contributed by atoms with E-state index in [1.54, 1.807) is 11.0 Å². The van der Waals surface area contributed by atoms with Gasteiger partial charge in [0.05, 0.1) is 0 Å². The van der Waals surface area contributed by atoms with Crippen LogP contribution in [0.1, 0.15) is 64.2 Å². The summed E-state index contributed by atoms with van der Waals surface area (Å²) in [6.07, 6.45) is 0.667. The lowest BCUT2D eigenvalue weighted by molar-refractivity contribution is -0.136. The van der Waals surface area contributed by atoms with E-state index in [9.17, 15) is 9.18 Å². The Morgan fingerprint density at radius 1 is 1.32 bits per heavy atom. The van der Waals surface area contributed by atoms with Gasteiger partial charge in [-0.15, -0.1) is 0 Å². The molecule has 0 fully saturated rings. The molecule has 5 nitrogen and oxygen atoms in total. The van der Waals surface area contributed by atoms with Crippen LogP contribution in [-0.4, -0.2) is 26.5 Å². The fraction of sp³-hybridized carbons (Fsp3) is 0.526. The molecule has 1 aromatic heterocycles. The first-order valence-electron chi connectivity index (χ1n) is 8.54. The smallest absolute Gasteiger partial charge is 0.227 e. The van der Waals surface area contributed by atoms with E-state index >= 15 is 0 Å². The number of hydrogen-bond acceptors (Lipinski definition) is 4. The van der Waals surface area contributed by atoms with Crippen molar-refractivity contribution in [3.63, 3.8) is 0 Å². The van der Waals surface area contributed by atoms with Gasteiger partial charge in [-0.05, 0) is 38.5 Å². The van der Waals surface area contributed by atoms with Crippen LogP contribution in [0.15, 0.2) is 28.8 Å².